The molecule has 10 heteroatoms. The van der Waals surface area contributed by atoms with E-state index < -0.39 is 0 Å². The first kappa shape index (κ1) is 104. The Labute approximate surface area is 79.2 Å². The van der Waals surface area contributed by atoms with Gasteiger partial charge in [-0.2, -0.15) is 0 Å². The van der Waals surface area contributed by atoms with Crippen molar-refractivity contribution in [2.75, 3.05) is 0 Å². The van der Waals surface area contributed by atoms with Crippen LogP contribution in [0.25, 0.3) is 0 Å². The van der Waals surface area contributed by atoms with Crippen LogP contribution in [0.3, 0.4) is 0 Å². The van der Waals surface area contributed by atoms with Crippen LogP contribution in [0.4, 0.5) is 42.3 Å². The molecule has 15 heavy (non-hydrogen) atoms. The lowest BCUT2D eigenvalue weighted by Gasteiger charge is -1.70. The molecule has 1 aromatic heterocycles. The Morgan fingerprint density at radius 3 is 0.733 bits per heavy atom. The summed E-state index contributed by atoms with van der Waals surface area (Å²) in [6.45, 7) is 0. The highest BCUT2D eigenvalue weighted by molar-refractivity contribution is 4.88. The lowest BCUT2D eigenvalue weighted by molar-refractivity contribution is 1.11. The van der Waals surface area contributed by atoms with Crippen molar-refractivity contribution in [2.24, 2.45) is 0 Å². The predicted molar refractivity (Wildman–Crippen MR) is 46.8 cm³/mol. The van der Waals surface area contributed by atoms with E-state index in [1.54, 1.807) is 12.4 Å². The standard InChI is InChI=1S/C5H5N.9FH/c1-2-4-6-5-3-1;;;;;;;;;/h1-5H;9*1H. The summed E-state index contributed by atoms with van der Waals surface area (Å²) in [5.41, 5.74) is 0. The Kier molecular flexibility index (Phi) is 562. The van der Waals surface area contributed by atoms with Gasteiger partial charge >= 0.3 is 0 Å². The van der Waals surface area contributed by atoms with E-state index in [0.717, 1.165) is 0 Å². The van der Waals surface area contributed by atoms with E-state index in [0.29, 0.717) is 0 Å². The zero-order valence-corrected chi connectivity index (χ0v) is 7.01. The van der Waals surface area contributed by atoms with Crippen LogP contribution in [-0.4, -0.2) is 4.98 Å². The summed E-state index contributed by atoms with van der Waals surface area (Å²) >= 11 is 0. The summed E-state index contributed by atoms with van der Waals surface area (Å²) in [4.78, 5) is 3.78. The monoisotopic (exact) mass is 259 g/mol. The largest absolute Gasteiger partial charge is 0.269 e. The van der Waals surface area contributed by atoms with Gasteiger partial charge in [-0.15, -0.1) is 0 Å². The van der Waals surface area contributed by atoms with E-state index in [9.17, 15) is 0 Å². The average Bonchev–Trinajstić information content (AvgIpc) is 1.72. The summed E-state index contributed by atoms with van der Waals surface area (Å²) in [6, 6.07) is 5.72. The molecule has 1 aromatic rings. The second kappa shape index (κ2) is 81.3. The fourth-order valence-corrected chi connectivity index (χ4v) is 0.313. The normalized spacial score (nSPS) is 3.20. The molecule has 1 heterocycles. The lowest BCUT2D eigenvalue weighted by Crippen LogP contribution is -1.58. The molecule has 1 nitrogen and oxygen atoms in total. The van der Waals surface area contributed by atoms with Gasteiger partial charge in [0.2, 0.25) is 0 Å². The van der Waals surface area contributed by atoms with Crippen LogP contribution in [0.1, 0.15) is 0 Å². The zero-order valence-electron chi connectivity index (χ0n) is 7.01. The first-order valence-electron chi connectivity index (χ1n) is 1.85. The van der Waals surface area contributed by atoms with Crippen LogP contribution in [0.15, 0.2) is 30.6 Å². The van der Waals surface area contributed by atoms with Gasteiger partial charge in [-0.05, 0) is 12.1 Å². The summed E-state index contributed by atoms with van der Waals surface area (Å²) in [7, 11) is 0. The summed E-state index contributed by atoms with van der Waals surface area (Å²) < 4.78 is 0. The minimum absolute atomic E-state index is 0. The van der Waals surface area contributed by atoms with Crippen molar-refractivity contribution >= 4 is 0 Å². The maximum Gasteiger partial charge on any atom is 0.0267 e. The number of rotatable bonds is 0. The molecule has 0 atom stereocenters. The van der Waals surface area contributed by atoms with E-state index in [1.165, 1.54) is 0 Å². The fourth-order valence-electron chi connectivity index (χ4n) is 0.313. The maximum absolute atomic E-state index is 3.78. The molecule has 102 valence electrons. The SMILES string of the molecule is F.F.F.F.F.F.F.F.F.c1ccncc1. The number of aromatic nitrogens is 1. The number of hydrogen-bond donors (Lipinski definition) is 0. The molecule has 0 spiro atoms. The predicted octanol–water partition coefficient (Wildman–Crippen LogP) is 2.45. The molecular weight excluding hydrogens is 245 g/mol. The van der Waals surface area contributed by atoms with Crippen LogP contribution in [0.2, 0.25) is 0 Å². The molecule has 0 N–H and O–H groups in total. The zero-order chi connectivity index (χ0) is 4.24. The molecule has 0 saturated heterocycles. The Balaban J connectivity index is -0.00000000571. The molecule has 0 aliphatic carbocycles. The molecule has 0 aliphatic rings. The van der Waals surface area contributed by atoms with Crippen molar-refractivity contribution in [3.05, 3.63) is 30.6 Å². The quantitative estimate of drug-likeness (QED) is 0.652. The Hall–Kier alpha value is -1.48. The highest BCUT2D eigenvalue weighted by atomic mass is 19.0. The molecule has 0 aromatic carbocycles. The minimum Gasteiger partial charge on any atom is -0.269 e. The average molecular weight is 259 g/mol. The molecule has 0 bridgehead atoms. The first-order valence-corrected chi connectivity index (χ1v) is 1.85. The smallest absolute Gasteiger partial charge is 0.0267 e. The topological polar surface area (TPSA) is 12.9 Å². The number of halogens is 9. The van der Waals surface area contributed by atoms with Crippen LogP contribution in [-0.2, 0) is 0 Å². The Bertz CT molecular complexity index is 90.4. The molecule has 0 aliphatic heterocycles. The number of hydrogen-bond acceptors (Lipinski definition) is 1. The van der Waals surface area contributed by atoms with E-state index in [-0.39, 0.29) is 42.3 Å². The first-order chi connectivity index (χ1) is 3.00. The highest BCUT2D eigenvalue weighted by Gasteiger charge is 1.58. The van der Waals surface area contributed by atoms with Gasteiger partial charge in [0.05, 0.1) is 0 Å². The Morgan fingerprint density at radius 1 is 0.400 bits per heavy atom. The molecule has 0 saturated carbocycles. The second-order valence-electron chi connectivity index (χ2n) is 1.02. The van der Waals surface area contributed by atoms with Crippen LogP contribution < -0.4 is 0 Å². The van der Waals surface area contributed by atoms with Crippen molar-refractivity contribution in [2.45, 2.75) is 0 Å². The lowest BCUT2D eigenvalue weighted by atomic mass is 10.5. The molecule has 1 rings (SSSR count). The van der Waals surface area contributed by atoms with Crippen molar-refractivity contribution in [1.29, 1.82) is 0 Å². The third-order valence-corrected chi connectivity index (χ3v) is 0.566. The van der Waals surface area contributed by atoms with Crippen molar-refractivity contribution in [3.8, 4) is 0 Å². The molecule has 0 fully saturated rings. The van der Waals surface area contributed by atoms with E-state index in [2.05, 4.69) is 4.98 Å². The van der Waals surface area contributed by atoms with Crippen LogP contribution >= 0.6 is 0 Å². The van der Waals surface area contributed by atoms with Crippen LogP contribution in [0.5, 0.6) is 0 Å². The van der Waals surface area contributed by atoms with Gasteiger partial charge in [0.1, 0.15) is 0 Å². The van der Waals surface area contributed by atoms with Crippen molar-refractivity contribution < 1.29 is 42.3 Å². The van der Waals surface area contributed by atoms with Gasteiger partial charge < -0.3 is 0 Å². The van der Waals surface area contributed by atoms with E-state index in [1.807, 2.05) is 18.2 Å². The maximum atomic E-state index is 3.78. The third kappa shape index (κ3) is 67.8. The Morgan fingerprint density at radius 2 is 0.667 bits per heavy atom. The van der Waals surface area contributed by atoms with Gasteiger partial charge in [0.15, 0.2) is 0 Å². The van der Waals surface area contributed by atoms with Gasteiger partial charge in [0, 0.05) is 12.4 Å². The third-order valence-electron chi connectivity index (χ3n) is 0.566. The molecular formula is C5H14F9N. The van der Waals surface area contributed by atoms with Gasteiger partial charge in [-0.3, -0.25) is 47.3 Å². The second-order valence-corrected chi connectivity index (χ2v) is 1.02. The summed E-state index contributed by atoms with van der Waals surface area (Å²) in [5.74, 6) is 0. The van der Waals surface area contributed by atoms with Gasteiger partial charge in [-0.1, -0.05) is 6.07 Å². The fraction of sp³-hybridized carbons (Fsp3) is 0. The van der Waals surface area contributed by atoms with Crippen molar-refractivity contribution in [1.82, 2.24) is 4.98 Å². The molecule has 0 amide bonds. The van der Waals surface area contributed by atoms with Gasteiger partial charge in [-0.25, -0.2) is 0 Å². The van der Waals surface area contributed by atoms with E-state index in [4.69, 9.17) is 0 Å². The minimum atomic E-state index is 0. The summed E-state index contributed by atoms with van der Waals surface area (Å²) in [5, 5.41) is 0. The highest BCUT2D eigenvalue weighted by Crippen LogP contribution is 1.73. The van der Waals surface area contributed by atoms with E-state index >= 15 is 0 Å². The van der Waals surface area contributed by atoms with Gasteiger partial charge in [0.25, 0.3) is 0 Å². The number of pyridine rings is 1. The van der Waals surface area contributed by atoms with Crippen LogP contribution in [0, 0.1) is 0 Å². The molecule has 0 radical (unpaired) electrons. The number of nitrogens with zero attached hydrogens (tertiary/aromatic N) is 1. The van der Waals surface area contributed by atoms with Crippen molar-refractivity contribution in [3.63, 3.8) is 0 Å². The molecule has 0 unspecified atom stereocenters. The summed E-state index contributed by atoms with van der Waals surface area (Å²) in [6.07, 6.45) is 3.50.